The molecule has 0 atom stereocenters. The molecule has 2 heterocycles. The lowest BCUT2D eigenvalue weighted by Gasteiger charge is -2.27. The number of benzene rings is 1. The van der Waals surface area contributed by atoms with Crippen LogP contribution in [-0.4, -0.2) is 63.4 Å². The Morgan fingerprint density at radius 3 is 2.59 bits per heavy atom. The standard InChI is InChI=1S/C20H29N5O2/c1-14-21-16-7-6-15(12-17(16)22-14)13-18(26)24-8-5-9-25(11-10-24)19(27)23-20(2,3)4/h6-7,12H,5,8-11,13H2,1-4H3,(H,21,22)(H,23,27). The third-order valence-electron chi connectivity index (χ3n) is 4.64. The first-order valence-corrected chi connectivity index (χ1v) is 9.51. The molecular weight excluding hydrogens is 342 g/mol. The molecule has 27 heavy (non-hydrogen) atoms. The van der Waals surface area contributed by atoms with Gasteiger partial charge in [0.1, 0.15) is 5.82 Å². The summed E-state index contributed by atoms with van der Waals surface area (Å²) in [6.45, 7) is 10.3. The number of hydrogen-bond donors (Lipinski definition) is 2. The number of H-pyrrole nitrogens is 1. The van der Waals surface area contributed by atoms with Gasteiger partial charge in [-0.3, -0.25) is 4.79 Å². The first-order valence-electron chi connectivity index (χ1n) is 9.51. The third-order valence-corrected chi connectivity index (χ3v) is 4.64. The van der Waals surface area contributed by atoms with E-state index in [-0.39, 0.29) is 17.5 Å². The van der Waals surface area contributed by atoms with Gasteiger partial charge in [0.15, 0.2) is 0 Å². The lowest BCUT2D eigenvalue weighted by molar-refractivity contribution is -0.130. The van der Waals surface area contributed by atoms with Crippen LogP contribution in [0.1, 0.15) is 38.6 Å². The minimum absolute atomic E-state index is 0.0585. The molecule has 0 saturated carbocycles. The number of urea groups is 1. The summed E-state index contributed by atoms with van der Waals surface area (Å²) >= 11 is 0. The summed E-state index contributed by atoms with van der Waals surface area (Å²) in [5.41, 5.74) is 2.59. The van der Waals surface area contributed by atoms with Crippen molar-refractivity contribution in [2.45, 2.75) is 46.1 Å². The monoisotopic (exact) mass is 371 g/mol. The van der Waals surface area contributed by atoms with Crippen molar-refractivity contribution in [3.8, 4) is 0 Å². The van der Waals surface area contributed by atoms with Crippen LogP contribution >= 0.6 is 0 Å². The zero-order valence-electron chi connectivity index (χ0n) is 16.6. The molecule has 3 rings (SSSR count). The SMILES string of the molecule is Cc1nc2ccc(CC(=O)N3CCCN(C(=O)NC(C)(C)C)CC3)cc2[nH]1. The fourth-order valence-electron chi connectivity index (χ4n) is 3.35. The van der Waals surface area contributed by atoms with Crippen LogP contribution in [0.15, 0.2) is 18.2 Å². The topological polar surface area (TPSA) is 81.3 Å². The largest absolute Gasteiger partial charge is 0.342 e. The van der Waals surface area contributed by atoms with Gasteiger partial charge in [-0.25, -0.2) is 9.78 Å². The van der Waals surface area contributed by atoms with E-state index in [1.54, 1.807) is 4.90 Å². The minimum atomic E-state index is -0.261. The number of aromatic nitrogens is 2. The molecule has 2 N–H and O–H groups in total. The van der Waals surface area contributed by atoms with Gasteiger partial charge in [-0.15, -0.1) is 0 Å². The molecule has 0 bridgehead atoms. The van der Waals surface area contributed by atoms with Gasteiger partial charge < -0.3 is 20.1 Å². The van der Waals surface area contributed by atoms with Crippen molar-refractivity contribution in [1.82, 2.24) is 25.1 Å². The van der Waals surface area contributed by atoms with Gasteiger partial charge in [-0.05, 0) is 51.8 Å². The van der Waals surface area contributed by atoms with Crippen molar-refractivity contribution in [2.24, 2.45) is 0 Å². The summed E-state index contributed by atoms with van der Waals surface area (Å²) < 4.78 is 0. The lowest BCUT2D eigenvalue weighted by Crippen LogP contribution is -2.49. The van der Waals surface area contributed by atoms with E-state index in [9.17, 15) is 9.59 Å². The molecule has 7 heteroatoms. The summed E-state index contributed by atoms with van der Waals surface area (Å²) in [7, 11) is 0. The average molecular weight is 371 g/mol. The third kappa shape index (κ3) is 4.99. The highest BCUT2D eigenvalue weighted by molar-refractivity contribution is 5.82. The molecule has 0 aliphatic carbocycles. The Kier molecular flexibility index (Phi) is 5.39. The van der Waals surface area contributed by atoms with E-state index in [4.69, 9.17) is 0 Å². The van der Waals surface area contributed by atoms with Crippen LogP contribution in [0.4, 0.5) is 4.79 Å². The maximum Gasteiger partial charge on any atom is 0.317 e. The molecule has 7 nitrogen and oxygen atoms in total. The van der Waals surface area contributed by atoms with Crippen LogP contribution in [0.25, 0.3) is 11.0 Å². The Labute approximate surface area is 160 Å². The molecule has 0 spiro atoms. The van der Waals surface area contributed by atoms with Crippen molar-refractivity contribution in [3.63, 3.8) is 0 Å². The molecular formula is C20H29N5O2. The first-order chi connectivity index (χ1) is 12.7. The number of nitrogens with zero attached hydrogens (tertiary/aromatic N) is 3. The summed E-state index contributed by atoms with van der Waals surface area (Å²) in [5.74, 6) is 0.971. The molecule has 1 fully saturated rings. The highest BCUT2D eigenvalue weighted by Crippen LogP contribution is 2.15. The highest BCUT2D eigenvalue weighted by atomic mass is 16.2. The van der Waals surface area contributed by atoms with Gasteiger partial charge in [0.25, 0.3) is 0 Å². The lowest BCUT2D eigenvalue weighted by atomic mass is 10.1. The van der Waals surface area contributed by atoms with E-state index >= 15 is 0 Å². The summed E-state index contributed by atoms with van der Waals surface area (Å²) in [4.78, 5) is 36.4. The van der Waals surface area contributed by atoms with Gasteiger partial charge in [0.05, 0.1) is 17.5 Å². The minimum Gasteiger partial charge on any atom is -0.342 e. The van der Waals surface area contributed by atoms with Crippen molar-refractivity contribution in [3.05, 3.63) is 29.6 Å². The number of imidazole rings is 1. The second-order valence-corrected chi connectivity index (χ2v) is 8.25. The Morgan fingerprint density at radius 2 is 1.85 bits per heavy atom. The van der Waals surface area contributed by atoms with Crippen LogP contribution in [0, 0.1) is 6.92 Å². The smallest absolute Gasteiger partial charge is 0.317 e. The molecule has 146 valence electrons. The number of carbonyl (C=O) groups is 2. The normalized spacial score (nSPS) is 15.7. The Balaban J connectivity index is 1.59. The average Bonchev–Trinajstić information content (AvgIpc) is 2.78. The highest BCUT2D eigenvalue weighted by Gasteiger charge is 2.24. The molecule has 1 saturated heterocycles. The molecule has 1 aromatic heterocycles. The Bertz CT molecular complexity index is 836. The van der Waals surface area contributed by atoms with E-state index in [0.717, 1.165) is 28.8 Å². The van der Waals surface area contributed by atoms with Gasteiger partial charge in [0.2, 0.25) is 5.91 Å². The number of hydrogen-bond acceptors (Lipinski definition) is 3. The van der Waals surface area contributed by atoms with E-state index in [1.807, 2.05) is 50.8 Å². The number of nitrogens with one attached hydrogen (secondary N) is 2. The maximum absolute atomic E-state index is 12.7. The van der Waals surface area contributed by atoms with E-state index < -0.39 is 0 Å². The van der Waals surface area contributed by atoms with E-state index in [1.165, 1.54) is 0 Å². The fraction of sp³-hybridized carbons (Fsp3) is 0.550. The van der Waals surface area contributed by atoms with Crippen molar-refractivity contribution >= 4 is 23.0 Å². The van der Waals surface area contributed by atoms with Gasteiger partial charge in [0, 0.05) is 31.7 Å². The summed E-state index contributed by atoms with van der Waals surface area (Å²) in [6, 6.07) is 5.84. The predicted molar refractivity (Wildman–Crippen MR) is 106 cm³/mol. The second kappa shape index (κ2) is 7.58. The number of aryl methyl sites for hydroxylation is 1. The zero-order chi connectivity index (χ0) is 19.6. The van der Waals surface area contributed by atoms with Crippen molar-refractivity contribution in [1.29, 1.82) is 0 Å². The molecule has 2 aromatic rings. The Morgan fingerprint density at radius 1 is 1.15 bits per heavy atom. The predicted octanol–water partition coefficient (Wildman–Crippen LogP) is 2.46. The fourth-order valence-corrected chi connectivity index (χ4v) is 3.35. The molecule has 0 unspecified atom stereocenters. The van der Waals surface area contributed by atoms with Crippen LogP contribution in [0.5, 0.6) is 0 Å². The number of aromatic amines is 1. The van der Waals surface area contributed by atoms with Crippen molar-refractivity contribution in [2.75, 3.05) is 26.2 Å². The zero-order valence-corrected chi connectivity index (χ0v) is 16.6. The van der Waals surface area contributed by atoms with Crippen LogP contribution in [-0.2, 0) is 11.2 Å². The van der Waals surface area contributed by atoms with Gasteiger partial charge in [-0.2, -0.15) is 0 Å². The van der Waals surface area contributed by atoms with E-state index in [0.29, 0.717) is 32.6 Å². The number of fused-ring (bicyclic) bond motifs is 1. The second-order valence-electron chi connectivity index (χ2n) is 8.25. The number of rotatable bonds is 2. The first kappa shape index (κ1) is 19.2. The van der Waals surface area contributed by atoms with Gasteiger partial charge in [-0.1, -0.05) is 6.07 Å². The van der Waals surface area contributed by atoms with Crippen LogP contribution in [0.3, 0.4) is 0 Å². The quantitative estimate of drug-likeness (QED) is 0.851. The molecule has 1 aliphatic heterocycles. The molecule has 1 aromatic carbocycles. The van der Waals surface area contributed by atoms with Crippen LogP contribution < -0.4 is 5.32 Å². The number of carbonyl (C=O) groups excluding carboxylic acids is 2. The molecule has 0 radical (unpaired) electrons. The summed E-state index contributed by atoms with van der Waals surface area (Å²) in [6.07, 6.45) is 1.16. The molecule has 1 aliphatic rings. The van der Waals surface area contributed by atoms with Crippen LogP contribution in [0.2, 0.25) is 0 Å². The summed E-state index contributed by atoms with van der Waals surface area (Å²) in [5, 5.41) is 2.99. The number of amides is 3. The van der Waals surface area contributed by atoms with E-state index in [2.05, 4.69) is 15.3 Å². The Hall–Kier alpha value is -2.57. The van der Waals surface area contributed by atoms with Gasteiger partial charge >= 0.3 is 6.03 Å². The maximum atomic E-state index is 12.7. The van der Waals surface area contributed by atoms with Crippen molar-refractivity contribution < 1.29 is 9.59 Å². The molecule has 3 amide bonds.